The van der Waals surface area contributed by atoms with E-state index in [-0.39, 0.29) is 0 Å². The van der Waals surface area contributed by atoms with Crippen molar-refractivity contribution in [2.24, 2.45) is 0 Å². The highest BCUT2D eigenvalue weighted by Crippen LogP contribution is 2.27. The van der Waals surface area contributed by atoms with Gasteiger partial charge in [-0.2, -0.15) is 0 Å². The summed E-state index contributed by atoms with van der Waals surface area (Å²) in [7, 11) is 2.18. The van der Waals surface area contributed by atoms with Crippen molar-refractivity contribution in [3.63, 3.8) is 0 Å². The molecule has 0 saturated carbocycles. The largest absolute Gasteiger partial charge is 0.365 e. The smallest absolute Gasteiger partial charge is 0.0592 e. The maximum atomic E-state index is 4.10. The molecule has 2 rings (SSSR count). The van der Waals surface area contributed by atoms with Gasteiger partial charge in [-0.15, -0.1) is 0 Å². The third kappa shape index (κ3) is 2.32. The average molecular weight is 270 g/mol. The molecule has 0 N–H and O–H groups in total. The third-order valence-electron chi connectivity index (χ3n) is 2.89. The van der Waals surface area contributed by atoms with Crippen LogP contribution in [0, 0.1) is 0 Å². The van der Waals surface area contributed by atoms with Crippen LogP contribution in [0.15, 0.2) is 22.9 Å². The molecular formula is C11H16BrN3. The normalized spacial score (nSPS) is 23.1. The van der Waals surface area contributed by atoms with Crippen LogP contribution in [-0.2, 0) is 0 Å². The van der Waals surface area contributed by atoms with Crippen LogP contribution in [0.5, 0.6) is 0 Å². The van der Waals surface area contributed by atoms with E-state index in [1.54, 1.807) is 0 Å². The zero-order valence-electron chi connectivity index (χ0n) is 9.15. The van der Waals surface area contributed by atoms with Gasteiger partial charge in [-0.1, -0.05) is 0 Å². The van der Waals surface area contributed by atoms with E-state index in [4.69, 9.17) is 0 Å². The van der Waals surface area contributed by atoms with E-state index >= 15 is 0 Å². The van der Waals surface area contributed by atoms with Crippen LogP contribution < -0.4 is 4.90 Å². The highest BCUT2D eigenvalue weighted by molar-refractivity contribution is 9.10. The number of pyridine rings is 1. The van der Waals surface area contributed by atoms with E-state index in [0.717, 1.165) is 24.1 Å². The molecule has 0 aliphatic carbocycles. The fourth-order valence-electron chi connectivity index (χ4n) is 2.10. The molecule has 0 radical (unpaired) electrons. The molecule has 0 amide bonds. The Hall–Kier alpha value is -0.610. The van der Waals surface area contributed by atoms with Gasteiger partial charge < -0.3 is 9.80 Å². The van der Waals surface area contributed by atoms with Gasteiger partial charge in [0.25, 0.3) is 0 Å². The van der Waals surface area contributed by atoms with Crippen molar-refractivity contribution in [1.29, 1.82) is 0 Å². The van der Waals surface area contributed by atoms with E-state index in [1.807, 2.05) is 12.4 Å². The number of hydrogen-bond donors (Lipinski definition) is 0. The fraction of sp³-hybridized carbons (Fsp3) is 0.545. The molecule has 1 aliphatic rings. The molecule has 1 atom stereocenters. The van der Waals surface area contributed by atoms with Gasteiger partial charge in [0.05, 0.1) is 10.2 Å². The monoisotopic (exact) mass is 269 g/mol. The average Bonchev–Trinajstić information content (AvgIpc) is 2.20. The zero-order chi connectivity index (χ0) is 10.8. The summed E-state index contributed by atoms with van der Waals surface area (Å²) in [6, 6.07) is 2.63. The second-order valence-corrected chi connectivity index (χ2v) is 4.99. The van der Waals surface area contributed by atoms with Crippen molar-refractivity contribution in [2.45, 2.75) is 13.0 Å². The minimum absolute atomic E-state index is 0.558. The summed E-state index contributed by atoms with van der Waals surface area (Å²) in [5, 5.41) is 0. The van der Waals surface area contributed by atoms with Crippen LogP contribution in [0.4, 0.5) is 5.69 Å². The minimum Gasteiger partial charge on any atom is -0.365 e. The highest BCUT2D eigenvalue weighted by atomic mass is 79.9. The Bertz CT molecular complexity index is 342. The van der Waals surface area contributed by atoms with Crippen molar-refractivity contribution in [3.8, 4) is 0 Å². The van der Waals surface area contributed by atoms with Gasteiger partial charge in [-0.3, -0.25) is 4.98 Å². The predicted molar refractivity (Wildman–Crippen MR) is 66.2 cm³/mol. The SMILES string of the molecule is CC1CN(C)CCN1c1ccncc1Br. The Labute approximate surface area is 99.2 Å². The third-order valence-corrected chi connectivity index (χ3v) is 3.50. The molecule has 1 unspecified atom stereocenters. The highest BCUT2D eigenvalue weighted by Gasteiger charge is 2.22. The van der Waals surface area contributed by atoms with Crippen LogP contribution in [0.25, 0.3) is 0 Å². The second kappa shape index (κ2) is 4.49. The van der Waals surface area contributed by atoms with Crippen molar-refractivity contribution in [2.75, 3.05) is 31.6 Å². The van der Waals surface area contributed by atoms with Crippen molar-refractivity contribution >= 4 is 21.6 Å². The van der Waals surface area contributed by atoms with Crippen LogP contribution in [-0.4, -0.2) is 42.6 Å². The summed E-state index contributed by atoms with van der Waals surface area (Å²) in [6.45, 7) is 5.59. The van der Waals surface area contributed by atoms with Gasteiger partial charge in [0, 0.05) is 38.1 Å². The molecule has 0 spiro atoms. The topological polar surface area (TPSA) is 19.4 Å². The van der Waals surface area contributed by atoms with Gasteiger partial charge in [0.2, 0.25) is 0 Å². The number of piperazine rings is 1. The maximum absolute atomic E-state index is 4.10. The molecule has 82 valence electrons. The van der Waals surface area contributed by atoms with Gasteiger partial charge in [-0.05, 0) is 36.0 Å². The van der Waals surface area contributed by atoms with Crippen LogP contribution in [0.2, 0.25) is 0 Å². The summed E-state index contributed by atoms with van der Waals surface area (Å²) in [5.41, 5.74) is 1.26. The maximum Gasteiger partial charge on any atom is 0.0592 e. The van der Waals surface area contributed by atoms with Crippen molar-refractivity contribution in [3.05, 3.63) is 22.9 Å². The Morgan fingerprint density at radius 1 is 1.47 bits per heavy atom. The summed E-state index contributed by atoms with van der Waals surface area (Å²) < 4.78 is 1.08. The first-order valence-electron chi connectivity index (χ1n) is 5.23. The van der Waals surface area contributed by atoms with Gasteiger partial charge in [0.15, 0.2) is 0 Å². The predicted octanol–water partition coefficient (Wildman–Crippen LogP) is 1.98. The molecule has 1 saturated heterocycles. The van der Waals surface area contributed by atoms with E-state index in [1.165, 1.54) is 5.69 Å². The number of nitrogens with zero attached hydrogens (tertiary/aromatic N) is 3. The first-order chi connectivity index (χ1) is 7.18. The first-order valence-corrected chi connectivity index (χ1v) is 6.02. The second-order valence-electron chi connectivity index (χ2n) is 4.13. The van der Waals surface area contributed by atoms with Crippen LogP contribution in [0.3, 0.4) is 0 Å². The van der Waals surface area contributed by atoms with E-state index in [0.29, 0.717) is 6.04 Å². The Morgan fingerprint density at radius 3 is 2.93 bits per heavy atom. The van der Waals surface area contributed by atoms with Gasteiger partial charge in [0.1, 0.15) is 0 Å². The van der Waals surface area contributed by atoms with Gasteiger partial charge >= 0.3 is 0 Å². The lowest BCUT2D eigenvalue weighted by Crippen LogP contribution is -2.50. The molecule has 1 aromatic heterocycles. The summed E-state index contributed by atoms with van der Waals surface area (Å²) >= 11 is 3.56. The van der Waals surface area contributed by atoms with Gasteiger partial charge in [-0.25, -0.2) is 0 Å². The lowest BCUT2D eigenvalue weighted by Gasteiger charge is -2.40. The summed E-state index contributed by atoms with van der Waals surface area (Å²) in [5.74, 6) is 0. The summed E-state index contributed by atoms with van der Waals surface area (Å²) in [4.78, 5) is 8.90. The Kier molecular flexibility index (Phi) is 3.26. The molecule has 3 nitrogen and oxygen atoms in total. The molecule has 2 heterocycles. The summed E-state index contributed by atoms with van der Waals surface area (Å²) in [6.07, 6.45) is 3.71. The van der Waals surface area contributed by atoms with E-state index in [9.17, 15) is 0 Å². The minimum atomic E-state index is 0.558. The number of aromatic nitrogens is 1. The molecule has 4 heteroatoms. The molecule has 1 aromatic rings. The number of rotatable bonds is 1. The Morgan fingerprint density at radius 2 is 2.27 bits per heavy atom. The molecule has 1 aliphatic heterocycles. The number of halogens is 1. The molecule has 15 heavy (non-hydrogen) atoms. The van der Waals surface area contributed by atoms with E-state index in [2.05, 4.69) is 50.8 Å². The molecule has 1 fully saturated rings. The first kappa shape index (κ1) is 10.9. The van der Waals surface area contributed by atoms with E-state index < -0.39 is 0 Å². The standard InChI is InChI=1S/C11H16BrN3/c1-9-8-14(2)5-6-15(9)11-3-4-13-7-10(11)12/h3-4,7,9H,5-6,8H2,1-2H3. The quantitative estimate of drug-likeness (QED) is 0.778. The van der Waals surface area contributed by atoms with Crippen LogP contribution >= 0.6 is 15.9 Å². The Balaban J connectivity index is 2.20. The lowest BCUT2D eigenvalue weighted by atomic mass is 10.2. The molecule has 0 bridgehead atoms. The molecule has 0 aromatic carbocycles. The number of likely N-dealkylation sites (N-methyl/N-ethyl adjacent to an activating group) is 1. The fourth-order valence-corrected chi connectivity index (χ4v) is 2.58. The van der Waals surface area contributed by atoms with Crippen molar-refractivity contribution in [1.82, 2.24) is 9.88 Å². The molecular weight excluding hydrogens is 254 g/mol. The zero-order valence-corrected chi connectivity index (χ0v) is 10.7. The van der Waals surface area contributed by atoms with Crippen LogP contribution in [0.1, 0.15) is 6.92 Å². The van der Waals surface area contributed by atoms with Crippen molar-refractivity contribution < 1.29 is 0 Å². The lowest BCUT2D eigenvalue weighted by molar-refractivity contribution is 0.275. The number of anilines is 1. The number of hydrogen-bond acceptors (Lipinski definition) is 3.